The van der Waals surface area contributed by atoms with E-state index in [1.807, 2.05) is 19.1 Å². The lowest BCUT2D eigenvalue weighted by molar-refractivity contribution is 0.208. The predicted octanol–water partition coefficient (Wildman–Crippen LogP) is 3.63. The first kappa shape index (κ1) is 16.6. The average Bonchev–Trinajstić information content (AvgIpc) is 3.09. The molecule has 0 aliphatic rings. The molecule has 1 N–H and O–H groups in total. The lowest BCUT2D eigenvalue weighted by atomic mass is 10.1. The summed E-state index contributed by atoms with van der Waals surface area (Å²) in [5, 5.41) is 6.86. The number of anilines is 1. The van der Waals surface area contributed by atoms with Crippen LogP contribution in [0.5, 0.6) is 0 Å². The molecular weight excluding hydrogens is 321 g/mol. The molecule has 2 aromatic heterocycles. The van der Waals surface area contributed by atoms with Crippen LogP contribution in [0, 0.1) is 5.82 Å². The number of nitrogens with zero attached hydrogens (tertiary/aromatic N) is 4. The first-order valence-electron chi connectivity index (χ1n) is 7.79. The standard InChI is InChI=1S/C18H18FN5O/c1-13(14-6-5-9-20-10-14)23(2)18(25)22-15-11-21-24(12-15)17-8-4-3-7-16(17)19/h3-13H,1-2H3,(H,22,25)/t13-/m1/s1. The molecule has 0 fully saturated rings. The highest BCUT2D eigenvalue weighted by molar-refractivity contribution is 5.89. The molecule has 3 rings (SSSR count). The van der Waals surface area contributed by atoms with E-state index in [9.17, 15) is 9.18 Å². The number of hydrogen-bond acceptors (Lipinski definition) is 3. The van der Waals surface area contributed by atoms with E-state index in [1.165, 1.54) is 16.9 Å². The summed E-state index contributed by atoms with van der Waals surface area (Å²) in [6, 6.07) is 9.62. The number of hydrogen-bond donors (Lipinski definition) is 1. The summed E-state index contributed by atoms with van der Waals surface area (Å²) >= 11 is 0. The highest BCUT2D eigenvalue weighted by atomic mass is 19.1. The van der Waals surface area contributed by atoms with Crippen molar-refractivity contribution < 1.29 is 9.18 Å². The third-order valence-electron chi connectivity index (χ3n) is 4.00. The molecule has 0 saturated carbocycles. The van der Waals surface area contributed by atoms with Gasteiger partial charge in [0.05, 0.1) is 24.1 Å². The SMILES string of the molecule is C[C@H](c1cccnc1)N(C)C(=O)Nc1cnn(-c2ccccc2F)c1. The van der Waals surface area contributed by atoms with Crippen LogP contribution in [0.2, 0.25) is 0 Å². The van der Waals surface area contributed by atoms with Gasteiger partial charge in [0.25, 0.3) is 0 Å². The minimum atomic E-state index is -0.384. The summed E-state index contributed by atoms with van der Waals surface area (Å²) in [6.07, 6.45) is 6.46. The average molecular weight is 339 g/mol. The van der Waals surface area contributed by atoms with Crippen LogP contribution in [0.4, 0.5) is 14.9 Å². The zero-order valence-electron chi connectivity index (χ0n) is 13.9. The summed E-state index contributed by atoms with van der Waals surface area (Å²) in [5.41, 5.74) is 1.74. The molecule has 2 heterocycles. The van der Waals surface area contributed by atoms with E-state index in [4.69, 9.17) is 0 Å². The topological polar surface area (TPSA) is 63.1 Å². The molecule has 0 unspecified atom stereocenters. The van der Waals surface area contributed by atoms with Crippen molar-refractivity contribution in [3.8, 4) is 5.69 Å². The maximum absolute atomic E-state index is 13.8. The first-order valence-corrected chi connectivity index (χ1v) is 7.79. The van der Waals surface area contributed by atoms with Crippen LogP contribution in [0.15, 0.2) is 61.2 Å². The monoisotopic (exact) mass is 339 g/mol. The van der Waals surface area contributed by atoms with E-state index < -0.39 is 0 Å². The van der Waals surface area contributed by atoms with E-state index >= 15 is 0 Å². The summed E-state index contributed by atoms with van der Waals surface area (Å²) in [4.78, 5) is 18.1. The largest absolute Gasteiger partial charge is 0.322 e. The number of nitrogens with one attached hydrogen (secondary N) is 1. The smallest absolute Gasteiger partial charge is 0.321 e. The molecule has 0 aliphatic heterocycles. The molecule has 3 aromatic rings. The third kappa shape index (κ3) is 3.65. The van der Waals surface area contributed by atoms with Crippen LogP contribution in [0.1, 0.15) is 18.5 Å². The number of carbonyl (C=O) groups is 1. The van der Waals surface area contributed by atoms with Gasteiger partial charge in [-0.2, -0.15) is 5.10 Å². The van der Waals surface area contributed by atoms with Gasteiger partial charge in [-0.25, -0.2) is 13.9 Å². The Labute approximate surface area is 144 Å². The fraction of sp³-hybridized carbons (Fsp3) is 0.167. The van der Waals surface area contributed by atoms with Crippen molar-refractivity contribution in [1.82, 2.24) is 19.7 Å². The Kier molecular flexibility index (Phi) is 4.74. The van der Waals surface area contributed by atoms with Gasteiger partial charge in [0, 0.05) is 19.4 Å². The van der Waals surface area contributed by atoms with Gasteiger partial charge >= 0.3 is 6.03 Å². The second-order valence-corrected chi connectivity index (χ2v) is 5.63. The van der Waals surface area contributed by atoms with Crippen LogP contribution in [0.3, 0.4) is 0 Å². The zero-order valence-corrected chi connectivity index (χ0v) is 13.9. The Balaban J connectivity index is 1.70. The van der Waals surface area contributed by atoms with E-state index in [-0.39, 0.29) is 17.9 Å². The van der Waals surface area contributed by atoms with Crippen LogP contribution in [0.25, 0.3) is 5.69 Å². The van der Waals surface area contributed by atoms with Gasteiger partial charge in [0.15, 0.2) is 0 Å². The van der Waals surface area contributed by atoms with Gasteiger partial charge in [-0.15, -0.1) is 0 Å². The molecule has 2 amide bonds. The Hall–Kier alpha value is -3.22. The molecule has 7 heteroatoms. The van der Waals surface area contributed by atoms with Gasteiger partial charge in [0.1, 0.15) is 11.5 Å². The minimum absolute atomic E-state index is 0.143. The van der Waals surface area contributed by atoms with Gasteiger partial charge in [-0.3, -0.25) is 4.98 Å². The molecule has 0 aliphatic carbocycles. The summed E-state index contributed by atoms with van der Waals surface area (Å²) in [5.74, 6) is -0.384. The van der Waals surface area contributed by atoms with Crippen molar-refractivity contribution in [3.63, 3.8) is 0 Å². The number of amides is 2. The van der Waals surface area contributed by atoms with Crippen molar-refractivity contribution in [2.75, 3.05) is 12.4 Å². The fourth-order valence-corrected chi connectivity index (χ4v) is 2.39. The third-order valence-corrected chi connectivity index (χ3v) is 4.00. The molecule has 1 atom stereocenters. The number of urea groups is 1. The van der Waals surface area contributed by atoms with Crippen molar-refractivity contribution in [3.05, 3.63) is 72.6 Å². The number of aromatic nitrogens is 3. The molecule has 0 radical (unpaired) electrons. The van der Waals surface area contributed by atoms with Crippen molar-refractivity contribution in [2.45, 2.75) is 13.0 Å². The maximum atomic E-state index is 13.8. The Morgan fingerprint density at radius 3 is 2.76 bits per heavy atom. The summed E-state index contributed by atoms with van der Waals surface area (Å²) in [7, 11) is 1.70. The van der Waals surface area contributed by atoms with Gasteiger partial charge in [-0.1, -0.05) is 18.2 Å². The first-order chi connectivity index (χ1) is 12.1. The van der Waals surface area contributed by atoms with E-state index in [0.29, 0.717) is 11.4 Å². The number of carbonyl (C=O) groups excluding carboxylic acids is 1. The van der Waals surface area contributed by atoms with E-state index in [0.717, 1.165) is 5.56 Å². The molecule has 1 aromatic carbocycles. The summed E-state index contributed by atoms with van der Waals surface area (Å²) in [6.45, 7) is 1.92. The lowest BCUT2D eigenvalue weighted by Gasteiger charge is -2.25. The molecule has 25 heavy (non-hydrogen) atoms. The Morgan fingerprint density at radius 1 is 1.24 bits per heavy atom. The molecule has 0 spiro atoms. The molecular formula is C18H18FN5O. The normalized spacial score (nSPS) is 11.8. The van der Waals surface area contributed by atoms with Crippen LogP contribution >= 0.6 is 0 Å². The van der Waals surface area contributed by atoms with Crippen molar-refractivity contribution in [2.24, 2.45) is 0 Å². The van der Waals surface area contributed by atoms with E-state index in [2.05, 4.69) is 15.4 Å². The lowest BCUT2D eigenvalue weighted by Crippen LogP contribution is -2.33. The molecule has 0 saturated heterocycles. The van der Waals surface area contributed by atoms with Gasteiger partial charge in [0.2, 0.25) is 0 Å². The second kappa shape index (κ2) is 7.12. The molecule has 0 bridgehead atoms. The van der Waals surface area contributed by atoms with Crippen molar-refractivity contribution in [1.29, 1.82) is 0 Å². The van der Waals surface area contributed by atoms with Crippen LogP contribution in [-0.4, -0.2) is 32.7 Å². The molecule has 6 nitrogen and oxygen atoms in total. The maximum Gasteiger partial charge on any atom is 0.322 e. The van der Waals surface area contributed by atoms with Crippen LogP contribution in [-0.2, 0) is 0 Å². The van der Waals surface area contributed by atoms with E-state index in [1.54, 1.807) is 48.7 Å². The highest BCUT2D eigenvalue weighted by Crippen LogP contribution is 2.19. The number of halogens is 1. The molecule has 128 valence electrons. The number of rotatable bonds is 4. The fourth-order valence-electron chi connectivity index (χ4n) is 2.39. The van der Waals surface area contributed by atoms with Crippen molar-refractivity contribution >= 4 is 11.7 Å². The second-order valence-electron chi connectivity index (χ2n) is 5.63. The zero-order chi connectivity index (χ0) is 17.8. The number of pyridine rings is 1. The quantitative estimate of drug-likeness (QED) is 0.789. The Bertz CT molecular complexity index is 865. The highest BCUT2D eigenvalue weighted by Gasteiger charge is 2.18. The number of para-hydroxylation sites is 1. The van der Waals surface area contributed by atoms with Crippen LogP contribution < -0.4 is 5.32 Å². The number of benzene rings is 1. The minimum Gasteiger partial charge on any atom is -0.321 e. The predicted molar refractivity (Wildman–Crippen MR) is 93.0 cm³/mol. The Morgan fingerprint density at radius 2 is 2.04 bits per heavy atom. The van der Waals surface area contributed by atoms with Gasteiger partial charge < -0.3 is 10.2 Å². The van der Waals surface area contributed by atoms with Gasteiger partial charge in [-0.05, 0) is 30.7 Å². The summed E-state index contributed by atoms with van der Waals surface area (Å²) < 4.78 is 15.2.